The highest BCUT2D eigenvalue weighted by Gasteiger charge is 2.26. The number of nitrogens with one attached hydrogen (secondary N) is 1. The lowest BCUT2D eigenvalue weighted by Gasteiger charge is -2.31. The quantitative estimate of drug-likeness (QED) is 0.608. The van der Waals surface area contributed by atoms with Gasteiger partial charge in [0.2, 0.25) is 15.9 Å². The Morgan fingerprint density at radius 3 is 2.35 bits per heavy atom. The molecule has 4 rings (SSSR count). The van der Waals surface area contributed by atoms with E-state index in [0.29, 0.717) is 50.0 Å². The van der Waals surface area contributed by atoms with Crippen molar-refractivity contribution in [2.75, 3.05) is 32.7 Å². The van der Waals surface area contributed by atoms with Gasteiger partial charge >= 0.3 is 0 Å². The van der Waals surface area contributed by atoms with Gasteiger partial charge in [-0.25, -0.2) is 8.42 Å². The van der Waals surface area contributed by atoms with Crippen LogP contribution in [0.4, 0.5) is 0 Å². The second-order valence-corrected chi connectivity index (χ2v) is 10.8. The molecule has 1 N–H and O–H groups in total. The van der Waals surface area contributed by atoms with E-state index in [4.69, 9.17) is 4.42 Å². The van der Waals surface area contributed by atoms with Gasteiger partial charge in [0.05, 0.1) is 11.2 Å². The molecule has 2 amide bonds. The minimum absolute atomic E-state index is 0.0431. The largest absolute Gasteiger partial charge is 0.465 e. The van der Waals surface area contributed by atoms with Gasteiger partial charge in [-0.05, 0) is 74.1 Å². The zero-order valence-corrected chi connectivity index (χ0v) is 20.0. The average molecular weight is 486 g/mol. The maximum atomic E-state index is 12.8. The van der Waals surface area contributed by atoms with Gasteiger partial charge in [0.1, 0.15) is 5.76 Å². The summed E-state index contributed by atoms with van der Waals surface area (Å²) >= 11 is 0. The minimum Gasteiger partial charge on any atom is -0.465 e. The van der Waals surface area contributed by atoms with E-state index in [9.17, 15) is 18.0 Å². The zero-order chi connectivity index (χ0) is 24.0. The predicted octanol–water partition coefficient (Wildman–Crippen LogP) is 3.14. The molecule has 0 aliphatic carbocycles. The molecule has 8 nitrogen and oxygen atoms in total. The number of hydrogen-bond donors (Lipinski definition) is 1. The fraction of sp³-hybridized carbons (Fsp3) is 0.440. The van der Waals surface area contributed by atoms with Crippen LogP contribution >= 0.6 is 0 Å². The number of likely N-dealkylation sites (tertiary alicyclic amines) is 1. The van der Waals surface area contributed by atoms with E-state index in [-0.39, 0.29) is 16.7 Å². The molecule has 2 aliphatic heterocycles. The molecule has 34 heavy (non-hydrogen) atoms. The first-order chi connectivity index (χ1) is 16.4. The second-order valence-electron chi connectivity index (χ2n) is 8.82. The van der Waals surface area contributed by atoms with Crippen LogP contribution in [0.25, 0.3) is 6.08 Å². The van der Waals surface area contributed by atoms with Crippen molar-refractivity contribution in [3.63, 3.8) is 0 Å². The van der Waals surface area contributed by atoms with Crippen LogP contribution in [0.5, 0.6) is 0 Å². The lowest BCUT2D eigenvalue weighted by molar-refractivity contribution is -0.127. The Labute approximate surface area is 200 Å². The molecule has 0 atom stereocenters. The molecule has 1 aromatic heterocycles. The van der Waals surface area contributed by atoms with Crippen LogP contribution in [-0.4, -0.2) is 62.2 Å². The second kappa shape index (κ2) is 11.0. The number of furan rings is 1. The number of piperidine rings is 2. The summed E-state index contributed by atoms with van der Waals surface area (Å²) in [4.78, 5) is 26.9. The van der Waals surface area contributed by atoms with Gasteiger partial charge in [0, 0.05) is 44.4 Å². The van der Waals surface area contributed by atoms with Crippen molar-refractivity contribution in [1.82, 2.24) is 14.5 Å². The number of carbonyl (C=O) groups is 2. The van der Waals surface area contributed by atoms with Crippen LogP contribution < -0.4 is 5.32 Å². The van der Waals surface area contributed by atoms with Crippen molar-refractivity contribution in [3.8, 4) is 0 Å². The monoisotopic (exact) mass is 485 g/mol. The van der Waals surface area contributed by atoms with Gasteiger partial charge < -0.3 is 14.6 Å². The first-order valence-corrected chi connectivity index (χ1v) is 13.3. The van der Waals surface area contributed by atoms with E-state index in [2.05, 4.69) is 5.32 Å². The maximum Gasteiger partial charge on any atom is 0.251 e. The molecule has 2 fully saturated rings. The van der Waals surface area contributed by atoms with E-state index >= 15 is 0 Å². The Hall–Kier alpha value is -2.91. The van der Waals surface area contributed by atoms with Crippen LogP contribution in [0, 0.1) is 5.92 Å². The van der Waals surface area contributed by atoms with Gasteiger partial charge in [-0.15, -0.1) is 0 Å². The molecule has 182 valence electrons. The fourth-order valence-corrected chi connectivity index (χ4v) is 5.89. The first kappa shape index (κ1) is 24.2. The number of amides is 2. The van der Waals surface area contributed by atoms with Crippen molar-refractivity contribution in [2.45, 2.75) is 37.0 Å². The Bertz CT molecular complexity index is 1100. The first-order valence-electron chi connectivity index (χ1n) is 11.8. The van der Waals surface area contributed by atoms with Crippen LogP contribution in [0.1, 0.15) is 48.2 Å². The molecular formula is C25H31N3O5S. The number of hydrogen-bond acceptors (Lipinski definition) is 5. The summed E-state index contributed by atoms with van der Waals surface area (Å²) < 4.78 is 32.3. The molecule has 9 heteroatoms. The van der Waals surface area contributed by atoms with Gasteiger partial charge in [-0.1, -0.05) is 6.42 Å². The van der Waals surface area contributed by atoms with Crippen LogP contribution in [-0.2, 0) is 14.8 Å². The van der Waals surface area contributed by atoms with Crippen molar-refractivity contribution < 1.29 is 22.4 Å². The highest BCUT2D eigenvalue weighted by Crippen LogP contribution is 2.21. The number of rotatable bonds is 7. The molecular weight excluding hydrogens is 454 g/mol. The van der Waals surface area contributed by atoms with Gasteiger partial charge in [-0.2, -0.15) is 4.31 Å². The Balaban J connectivity index is 1.23. The Morgan fingerprint density at radius 1 is 1.00 bits per heavy atom. The van der Waals surface area contributed by atoms with E-state index in [1.54, 1.807) is 41.5 Å². The van der Waals surface area contributed by atoms with E-state index in [1.165, 1.54) is 22.5 Å². The summed E-state index contributed by atoms with van der Waals surface area (Å²) in [5.41, 5.74) is 0.438. The van der Waals surface area contributed by atoms with Crippen molar-refractivity contribution >= 4 is 27.9 Å². The van der Waals surface area contributed by atoms with Gasteiger partial charge in [0.25, 0.3) is 5.91 Å². The molecule has 0 unspecified atom stereocenters. The third kappa shape index (κ3) is 5.95. The Kier molecular flexibility index (Phi) is 7.84. The van der Waals surface area contributed by atoms with Gasteiger partial charge in [0.15, 0.2) is 0 Å². The summed E-state index contributed by atoms with van der Waals surface area (Å²) in [6, 6.07) is 9.73. The molecule has 0 bridgehead atoms. The molecule has 0 radical (unpaired) electrons. The molecule has 0 saturated carbocycles. The van der Waals surface area contributed by atoms with E-state index in [0.717, 1.165) is 32.1 Å². The van der Waals surface area contributed by atoms with Crippen molar-refractivity contribution in [2.24, 2.45) is 5.92 Å². The van der Waals surface area contributed by atoms with Crippen molar-refractivity contribution in [1.29, 1.82) is 0 Å². The molecule has 2 saturated heterocycles. The molecule has 2 aromatic rings. The minimum atomic E-state index is -3.50. The number of carbonyl (C=O) groups excluding carboxylic acids is 2. The number of benzene rings is 1. The smallest absolute Gasteiger partial charge is 0.251 e. The fourth-order valence-electron chi connectivity index (χ4n) is 4.37. The molecule has 2 aliphatic rings. The van der Waals surface area contributed by atoms with E-state index < -0.39 is 10.0 Å². The Morgan fingerprint density at radius 2 is 1.71 bits per heavy atom. The lowest BCUT2D eigenvalue weighted by atomic mass is 9.96. The SMILES string of the molecule is O=C(NCC1CCN(C(=O)/C=C/c2ccco2)CC1)c1ccc(S(=O)(=O)N2CCCCC2)cc1. The number of sulfonamides is 1. The predicted molar refractivity (Wildman–Crippen MR) is 128 cm³/mol. The number of nitrogens with zero attached hydrogens (tertiary/aromatic N) is 2. The summed E-state index contributed by atoms with van der Waals surface area (Å²) in [5.74, 6) is 0.671. The van der Waals surface area contributed by atoms with Crippen molar-refractivity contribution in [3.05, 3.63) is 60.1 Å². The van der Waals surface area contributed by atoms with E-state index in [1.807, 2.05) is 0 Å². The lowest BCUT2D eigenvalue weighted by Crippen LogP contribution is -2.41. The topological polar surface area (TPSA) is 99.9 Å². The molecule has 1 aromatic carbocycles. The summed E-state index contributed by atoms with van der Waals surface area (Å²) in [6.45, 7) is 2.91. The highest BCUT2D eigenvalue weighted by molar-refractivity contribution is 7.89. The van der Waals surface area contributed by atoms with Crippen LogP contribution in [0.3, 0.4) is 0 Å². The zero-order valence-electron chi connectivity index (χ0n) is 19.2. The summed E-state index contributed by atoms with van der Waals surface area (Å²) in [7, 11) is -3.50. The molecule has 0 spiro atoms. The third-order valence-corrected chi connectivity index (χ3v) is 8.39. The highest BCUT2D eigenvalue weighted by atomic mass is 32.2. The standard InChI is InChI=1S/C25H31N3O5S/c29-24(11-8-22-5-4-18-33-22)27-16-12-20(13-17-27)19-26-25(30)21-6-9-23(10-7-21)34(31,32)28-14-2-1-3-15-28/h4-11,18,20H,1-3,12-17,19H2,(H,26,30)/b11-8+. The normalized spacial score (nSPS) is 18.3. The van der Waals surface area contributed by atoms with Crippen LogP contribution in [0.15, 0.2) is 58.1 Å². The van der Waals surface area contributed by atoms with Crippen LogP contribution in [0.2, 0.25) is 0 Å². The third-order valence-electron chi connectivity index (χ3n) is 6.48. The summed E-state index contributed by atoms with van der Waals surface area (Å²) in [6.07, 6.45) is 9.21. The average Bonchev–Trinajstić information content (AvgIpc) is 3.40. The maximum absolute atomic E-state index is 12.8. The van der Waals surface area contributed by atoms with Gasteiger partial charge in [-0.3, -0.25) is 9.59 Å². The summed E-state index contributed by atoms with van der Waals surface area (Å²) in [5, 5.41) is 2.95. The molecule has 3 heterocycles.